The molecule has 0 bridgehead atoms. The highest BCUT2D eigenvalue weighted by Crippen LogP contribution is 2.22. The van der Waals surface area contributed by atoms with E-state index in [9.17, 15) is 4.79 Å². The van der Waals surface area contributed by atoms with E-state index in [0.29, 0.717) is 17.7 Å². The highest BCUT2D eigenvalue weighted by molar-refractivity contribution is 6.01. The number of carbonyl (C=O) groups excluding carboxylic acids is 1. The largest absolute Gasteiger partial charge is 0.496 e. The Balaban J connectivity index is 2.31. The Morgan fingerprint density at radius 1 is 1.14 bits per heavy atom. The number of para-hydroxylation sites is 2. The van der Waals surface area contributed by atoms with Crippen LogP contribution < -0.4 is 4.74 Å². The zero-order valence-electron chi connectivity index (χ0n) is 12.4. The quantitative estimate of drug-likeness (QED) is 0.580. The number of carbonyl (C=O) groups is 1. The molecule has 0 aliphatic rings. The number of aliphatic imine (C=N–C) groups is 1. The summed E-state index contributed by atoms with van der Waals surface area (Å²) >= 11 is 0. The number of rotatable bonds is 6. The van der Waals surface area contributed by atoms with Gasteiger partial charge in [-0.1, -0.05) is 31.2 Å². The monoisotopic (exact) mass is 281 g/mol. The molecule has 0 unspecified atom stereocenters. The smallest absolute Gasteiger partial charge is 0.165 e. The zero-order chi connectivity index (χ0) is 15.1. The maximum Gasteiger partial charge on any atom is 0.165 e. The Morgan fingerprint density at radius 3 is 2.62 bits per heavy atom. The van der Waals surface area contributed by atoms with Gasteiger partial charge in [-0.2, -0.15) is 0 Å². The molecule has 108 valence electrons. The van der Waals surface area contributed by atoms with Crippen LogP contribution in [0, 0.1) is 0 Å². The van der Waals surface area contributed by atoms with Crippen LogP contribution in [0.5, 0.6) is 5.75 Å². The number of Topliss-reactive ketones (excluding diaryl/α,β-unsaturated/α-hetero) is 1. The van der Waals surface area contributed by atoms with Gasteiger partial charge in [0.25, 0.3) is 0 Å². The van der Waals surface area contributed by atoms with Gasteiger partial charge in [-0.05, 0) is 30.7 Å². The number of methoxy groups -OCH3 is 1. The van der Waals surface area contributed by atoms with Crippen molar-refractivity contribution in [2.75, 3.05) is 7.11 Å². The molecule has 0 spiro atoms. The first-order valence-corrected chi connectivity index (χ1v) is 7.05. The van der Waals surface area contributed by atoms with Gasteiger partial charge in [0.1, 0.15) is 5.75 Å². The Kier molecular flexibility index (Phi) is 5.27. The van der Waals surface area contributed by atoms with Gasteiger partial charge in [-0.3, -0.25) is 9.79 Å². The highest BCUT2D eigenvalue weighted by Gasteiger charge is 2.09. The normalized spacial score (nSPS) is 10.8. The molecule has 0 amide bonds. The lowest BCUT2D eigenvalue weighted by atomic mass is 10.1. The molecule has 0 aliphatic carbocycles. The van der Waals surface area contributed by atoms with Gasteiger partial charge in [0.2, 0.25) is 0 Å². The molecule has 2 aromatic rings. The molecule has 0 saturated carbocycles. The first-order valence-electron chi connectivity index (χ1n) is 7.05. The summed E-state index contributed by atoms with van der Waals surface area (Å²) in [6.45, 7) is 2.00. The number of ketones is 1. The molecule has 0 aliphatic heterocycles. The van der Waals surface area contributed by atoms with Crippen molar-refractivity contribution in [2.45, 2.75) is 19.8 Å². The summed E-state index contributed by atoms with van der Waals surface area (Å²) in [6.07, 6.45) is 3.11. The van der Waals surface area contributed by atoms with Crippen LogP contribution in [0.2, 0.25) is 0 Å². The van der Waals surface area contributed by atoms with Crippen LogP contribution in [0.4, 0.5) is 5.69 Å². The van der Waals surface area contributed by atoms with E-state index >= 15 is 0 Å². The summed E-state index contributed by atoms with van der Waals surface area (Å²) < 4.78 is 5.29. The molecule has 21 heavy (non-hydrogen) atoms. The fraction of sp³-hybridized carbons (Fsp3) is 0.222. The third kappa shape index (κ3) is 3.78. The lowest BCUT2D eigenvalue weighted by Crippen LogP contribution is -1.98. The Bertz CT molecular complexity index is 647. The van der Waals surface area contributed by atoms with Crippen molar-refractivity contribution in [3.63, 3.8) is 0 Å². The van der Waals surface area contributed by atoms with Gasteiger partial charge < -0.3 is 4.74 Å². The van der Waals surface area contributed by atoms with Crippen LogP contribution in [0.15, 0.2) is 53.5 Å². The van der Waals surface area contributed by atoms with E-state index < -0.39 is 0 Å². The molecule has 0 fully saturated rings. The van der Waals surface area contributed by atoms with E-state index in [1.807, 2.05) is 55.5 Å². The summed E-state index contributed by atoms with van der Waals surface area (Å²) in [7, 11) is 1.63. The predicted molar refractivity (Wildman–Crippen MR) is 85.9 cm³/mol. The van der Waals surface area contributed by atoms with Crippen molar-refractivity contribution in [2.24, 2.45) is 4.99 Å². The molecule has 0 radical (unpaired) electrons. The molecule has 0 saturated heterocycles. The zero-order valence-corrected chi connectivity index (χ0v) is 12.4. The fourth-order valence-electron chi connectivity index (χ4n) is 2.10. The van der Waals surface area contributed by atoms with Gasteiger partial charge in [-0.15, -0.1) is 0 Å². The van der Waals surface area contributed by atoms with E-state index in [2.05, 4.69) is 4.99 Å². The van der Waals surface area contributed by atoms with Crippen LogP contribution in [0.1, 0.15) is 35.7 Å². The second kappa shape index (κ2) is 7.39. The van der Waals surface area contributed by atoms with Crippen LogP contribution in [0.25, 0.3) is 0 Å². The highest BCUT2D eigenvalue weighted by atomic mass is 16.5. The lowest BCUT2D eigenvalue weighted by Gasteiger charge is -2.05. The SMILES string of the molecule is CCCC(=O)c1ccccc1/N=C/c1ccccc1OC. The molecular formula is C18H19NO2. The second-order valence-electron chi connectivity index (χ2n) is 4.69. The minimum absolute atomic E-state index is 0.130. The third-order valence-electron chi connectivity index (χ3n) is 3.16. The van der Waals surface area contributed by atoms with Gasteiger partial charge >= 0.3 is 0 Å². The maximum atomic E-state index is 12.1. The molecular weight excluding hydrogens is 262 g/mol. The maximum absolute atomic E-state index is 12.1. The number of benzene rings is 2. The molecule has 0 heterocycles. The predicted octanol–water partition coefficient (Wildman–Crippen LogP) is 4.43. The van der Waals surface area contributed by atoms with Crippen molar-refractivity contribution in [1.29, 1.82) is 0 Å². The van der Waals surface area contributed by atoms with Crippen molar-refractivity contribution in [1.82, 2.24) is 0 Å². The van der Waals surface area contributed by atoms with Gasteiger partial charge in [0.05, 0.1) is 12.8 Å². The summed E-state index contributed by atoms with van der Waals surface area (Å²) in [5.74, 6) is 0.892. The van der Waals surface area contributed by atoms with Crippen molar-refractivity contribution >= 4 is 17.7 Å². The first-order chi connectivity index (χ1) is 10.3. The van der Waals surface area contributed by atoms with Crippen LogP contribution in [0.3, 0.4) is 0 Å². The minimum atomic E-state index is 0.130. The molecule has 3 nitrogen and oxygen atoms in total. The average molecular weight is 281 g/mol. The topological polar surface area (TPSA) is 38.7 Å². The summed E-state index contributed by atoms with van der Waals surface area (Å²) in [5, 5.41) is 0. The fourth-order valence-corrected chi connectivity index (χ4v) is 2.10. The molecule has 0 aromatic heterocycles. The van der Waals surface area contributed by atoms with Crippen LogP contribution in [-0.4, -0.2) is 19.1 Å². The first kappa shape index (κ1) is 15.0. The lowest BCUT2D eigenvalue weighted by molar-refractivity contribution is 0.0982. The van der Waals surface area contributed by atoms with Gasteiger partial charge in [0, 0.05) is 23.8 Å². The number of nitrogens with zero attached hydrogens (tertiary/aromatic N) is 1. The van der Waals surface area contributed by atoms with Gasteiger partial charge in [0.15, 0.2) is 5.78 Å². The Morgan fingerprint density at radius 2 is 1.86 bits per heavy atom. The number of hydrogen-bond donors (Lipinski definition) is 0. The summed E-state index contributed by atoms with van der Waals surface area (Å²) in [6, 6.07) is 15.1. The number of ether oxygens (including phenoxy) is 1. The molecule has 2 rings (SSSR count). The van der Waals surface area contributed by atoms with Gasteiger partial charge in [-0.25, -0.2) is 0 Å². The van der Waals surface area contributed by atoms with E-state index in [-0.39, 0.29) is 5.78 Å². The van der Waals surface area contributed by atoms with E-state index in [1.54, 1.807) is 13.3 Å². The van der Waals surface area contributed by atoms with E-state index in [4.69, 9.17) is 4.74 Å². The van der Waals surface area contributed by atoms with E-state index in [0.717, 1.165) is 17.7 Å². The minimum Gasteiger partial charge on any atom is -0.496 e. The van der Waals surface area contributed by atoms with E-state index in [1.165, 1.54) is 0 Å². The second-order valence-corrected chi connectivity index (χ2v) is 4.69. The molecule has 0 N–H and O–H groups in total. The summed E-state index contributed by atoms with van der Waals surface area (Å²) in [5.41, 5.74) is 2.25. The Hall–Kier alpha value is -2.42. The van der Waals surface area contributed by atoms with Crippen LogP contribution in [-0.2, 0) is 0 Å². The van der Waals surface area contributed by atoms with Crippen LogP contribution >= 0.6 is 0 Å². The standard InChI is InChI=1S/C18H19NO2/c1-3-8-17(20)15-10-5-6-11-16(15)19-13-14-9-4-7-12-18(14)21-2/h4-7,9-13H,3,8H2,1-2H3/b19-13+. The summed E-state index contributed by atoms with van der Waals surface area (Å²) in [4.78, 5) is 16.6. The van der Waals surface area contributed by atoms with Crippen molar-refractivity contribution in [3.05, 3.63) is 59.7 Å². The Labute approximate surface area is 125 Å². The van der Waals surface area contributed by atoms with Crippen molar-refractivity contribution < 1.29 is 9.53 Å². The average Bonchev–Trinajstić information content (AvgIpc) is 2.53. The molecule has 2 aromatic carbocycles. The molecule has 0 atom stereocenters. The van der Waals surface area contributed by atoms with Crippen molar-refractivity contribution in [3.8, 4) is 5.75 Å². The molecule has 3 heteroatoms. The third-order valence-corrected chi connectivity index (χ3v) is 3.16. The number of hydrogen-bond acceptors (Lipinski definition) is 3.